The molecule has 1 amide bonds. The van der Waals surface area contributed by atoms with Crippen molar-refractivity contribution < 1.29 is 9.53 Å². The van der Waals surface area contributed by atoms with Crippen molar-refractivity contribution in [3.63, 3.8) is 0 Å². The lowest BCUT2D eigenvalue weighted by atomic mass is 10.2. The molecule has 8 heteroatoms. The van der Waals surface area contributed by atoms with E-state index in [1.807, 2.05) is 31.5 Å². The zero-order valence-electron chi connectivity index (χ0n) is 13.4. The van der Waals surface area contributed by atoms with E-state index in [1.54, 1.807) is 12.5 Å². The lowest BCUT2D eigenvalue weighted by Gasteiger charge is -2.19. The molecule has 124 valence electrons. The molecule has 0 aliphatic carbocycles. The molecule has 0 aliphatic rings. The Morgan fingerprint density at radius 1 is 1.23 bits per heavy atom. The highest BCUT2D eigenvalue weighted by atomic mass is 32.1. The van der Waals surface area contributed by atoms with Gasteiger partial charge < -0.3 is 25.3 Å². The summed E-state index contributed by atoms with van der Waals surface area (Å²) in [4.78, 5) is 15.4. The maximum Gasteiger partial charge on any atom is 0.407 e. The van der Waals surface area contributed by atoms with E-state index in [1.165, 1.54) is 0 Å². The first-order chi connectivity index (χ1) is 10.4. The Morgan fingerprint density at radius 2 is 1.91 bits per heavy atom. The Labute approximate surface area is 136 Å². The second-order valence-electron chi connectivity index (χ2n) is 5.77. The fraction of sp³-hybridized carbons (Fsp3) is 0.643. The number of carbonyl (C=O) groups excluding carboxylic acids is 1. The molecule has 0 saturated carbocycles. The van der Waals surface area contributed by atoms with Gasteiger partial charge in [0.2, 0.25) is 0 Å². The maximum atomic E-state index is 11.4. The number of carbonyl (C=O) groups is 1. The lowest BCUT2D eigenvalue weighted by molar-refractivity contribution is 0.0529. The smallest absolute Gasteiger partial charge is 0.407 e. The molecule has 0 radical (unpaired) electrons. The van der Waals surface area contributed by atoms with Crippen LogP contribution in [0.25, 0.3) is 0 Å². The van der Waals surface area contributed by atoms with Crippen LogP contribution in [-0.2, 0) is 11.3 Å². The first kappa shape index (κ1) is 18.2. The van der Waals surface area contributed by atoms with Crippen LogP contribution in [0.5, 0.6) is 0 Å². The van der Waals surface area contributed by atoms with E-state index in [4.69, 9.17) is 17.0 Å². The highest BCUT2D eigenvalue weighted by Gasteiger charge is 2.15. The van der Waals surface area contributed by atoms with Crippen LogP contribution in [0.15, 0.2) is 18.7 Å². The minimum atomic E-state index is -0.483. The molecule has 0 unspecified atom stereocenters. The summed E-state index contributed by atoms with van der Waals surface area (Å²) in [5.74, 6) is 0. The molecule has 0 fully saturated rings. The average molecular weight is 327 g/mol. The van der Waals surface area contributed by atoms with Crippen LogP contribution in [0.4, 0.5) is 4.79 Å². The number of rotatable bonds is 7. The molecule has 0 saturated heterocycles. The third kappa shape index (κ3) is 9.17. The predicted octanol–water partition coefficient (Wildman–Crippen LogP) is 1.26. The molecule has 0 atom stereocenters. The van der Waals surface area contributed by atoms with Crippen molar-refractivity contribution in [3.05, 3.63) is 18.7 Å². The van der Waals surface area contributed by atoms with Gasteiger partial charge in [-0.2, -0.15) is 0 Å². The van der Waals surface area contributed by atoms with Crippen LogP contribution in [0, 0.1) is 0 Å². The van der Waals surface area contributed by atoms with Crippen LogP contribution in [0.1, 0.15) is 27.2 Å². The first-order valence-electron chi connectivity index (χ1n) is 7.31. The van der Waals surface area contributed by atoms with Gasteiger partial charge in [-0.05, 0) is 39.4 Å². The van der Waals surface area contributed by atoms with E-state index in [9.17, 15) is 4.79 Å². The summed E-state index contributed by atoms with van der Waals surface area (Å²) >= 11 is 5.15. The topological polar surface area (TPSA) is 80.2 Å². The van der Waals surface area contributed by atoms with Crippen LogP contribution >= 0.6 is 12.2 Å². The molecule has 0 spiro atoms. The van der Waals surface area contributed by atoms with Crippen molar-refractivity contribution in [2.45, 2.75) is 39.3 Å². The molecular weight excluding hydrogens is 302 g/mol. The number of aromatic nitrogens is 2. The van der Waals surface area contributed by atoms with Gasteiger partial charge in [-0.1, -0.05) is 0 Å². The van der Waals surface area contributed by atoms with Gasteiger partial charge in [-0.15, -0.1) is 0 Å². The lowest BCUT2D eigenvalue weighted by Crippen LogP contribution is -2.41. The largest absolute Gasteiger partial charge is 0.444 e. The van der Waals surface area contributed by atoms with E-state index < -0.39 is 11.7 Å². The number of imidazole rings is 1. The molecule has 3 N–H and O–H groups in total. The van der Waals surface area contributed by atoms with Crippen molar-refractivity contribution in [1.82, 2.24) is 25.5 Å². The summed E-state index contributed by atoms with van der Waals surface area (Å²) in [5.41, 5.74) is -0.483. The number of ether oxygens (including phenoxy) is 1. The second-order valence-corrected chi connectivity index (χ2v) is 6.17. The Balaban J connectivity index is 1.98. The number of hydrogen-bond acceptors (Lipinski definition) is 4. The number of nitrogens with zero attached hydrogens (tertiary/aromatic N) is 2. The Hall–Kier alpha value is -1.83. The number of aryl methyl sites for hydroxylation is 1. The Morgan fingerprint density at radius 3 is 2.55 bits per heavy atom. The van der Waals surface area contributed by atoms with E-state index in [0.29, 0.717) is 18.2 Å². The van der Waals surface area contributed by atoms with Crippen LogP contribution in [0.2, 0.25) is 0 Å². The summed E-state index contributed by atoms with van der Waals surface area (Å²) in [6.45, 7) is 8.16. The second kappa shape index (κ2) is 9.24. The standard InChI is InChI=1S/C14H25N5O2S/c1-14(2,3)21-13(20)18-7-6-17-12(22)16-5-4-9-19-10-8-15-11-19/h8,10-11H,4-7,9H2,1-3H3,(H,18,20)(H2,16,17,22). The number of hydrogen-bond donors (Lipinski definition) is 3. The zero-order chi connectivity index (χ0) is 16.4. The van der Waals surface area contributed by atoms with E-state index in [-0.39, 0.29) is 0 Å². The van der Waals surface area contributed by atoms with Crippen molar-refractivity contribution in [2.24, 2.45) is 0 Å². The third-order valence-corrected chi connectivity index (χ3v) is 2.81. The zero-order valence-corrected chi connectivity index (χ0v) is 14.2. The number of nitrogens with one attached hydrogen (secondary N) is 3. The highest BCUT2D eigenvalue weighted by Crippen LogP contribution is 2.05. The monoisotopic (exact) mass is 327 g/mol. The van der Waals surface area contributed by atoms with Gasteiger partial charge in [0, 0.05) is 38.6 Å². The van der Waals surface area contributed by atoms with Gasteiger partial charge in [-0.25, -0.2) is 9.78 Å². The third-order valence-electron chi connectivity index (χ3n) is 2.52. The van der Waals surface area contributed by atoms with Crippen molar-refractivity contribution >= 4 is 23.4 Å². The van der Waals surface area contributed by atoms with Gasteiger partial charge in [-0.3, -0.25) is 0 Å². The van der Waals surface area contributed by atoms with Gasteiger partial charge in [0.05, 0.1) is 6.33 Å². The quantitative estimate of drug-likeness (QED) is 0.517. The molecular formula is C14H25N5O2S. The molecule has 1 aromatic heterocycles. The van der Waals surface area contributed by atoms with Gasteiger partial charge in [0.1, 0.15) is 5.60 Å². The normalized spacial score (nSPS) is 10.9. The van der Waals surface area contributed by atoms with Crippen LogP contribution in [-0.4, -0.2) is 46.0 Å². The molecule has 1 heterocycles. The molecule has 0 aliphatic heterocycles. The summed E-state index contributed by atoms with van der Waals surface area (Å²) in [7, 11) is 0. The summed E-state index contributed by atoms with van der Waals surface area (Å²) in [5, 5.41) is 9.38. The van der Waals surface area contributed by atoms with E-state index >= 15 is 0 Å². The Bertz CT molecular complexity index is 456. The SMILES string of the molecule is CC(C)(C)OC(=O)NCCNC(=S)NCCCn1ccnc1. The van der Waals surface area contributed by atoms with E-state index in [0.717, 1.165) is 19.5 Å². The first-order valence-corrected chi connectivity index (χ1v) is 7.72. The van der Waals surface area contributed by atoms with Gasteiger partial charge in [0.25, 0.3) is 0 Å². The minimum absolute atomic E-state index is 0.423. The number of alkyl carbamates (subject to hydrolysis) is 1. The average Bonchev–Trinajstić information content (AvgIpc) is 2.91. The van der Waals surface area contributed by atoms with Crippen molar-refractivity contribution in [1.29, 1.82) is 0 Å². The number of amides is 1. The highest BCUT2D eigenvalue weighted by molar-refractivity contribution is 7.80. The van der Waals surface area contributed by atoms with Crippen LogP contribution < -0.4 is 16.0 Å². The number of thiocarbonyl (C=S) groups is 1. The summed E-state index contributed by atoms with van der Waals surface area (Å²) in [6, 6.07) is 0. The summed E-state index contributed by atoms with van der Waals surface area (Å²) in [6.07, 6.45) is 6.01. The fourth-order valence-corrected chi connectivity index (χ4v) is 1.80. The molecule has 1 aromatic rings. The minimum Gasteiger partial charge on any atom is -0.444 e. The Kier molecular flexibility index (Phi) is 7.65. The van der Waals surface area contributed by atoms with E-state index in [2.05, 4.69) is 20.9 Å². The van der Waals surface area contributed by atoms with Gasteiger partial charge >= 0.3 is 6.09 Å². The molecule has 0 aromatic carbocycles. The molecule has 1 rings (SSSR count). The molecule has 7 nitrogen and oxygen atoms in total. The fourth-order valence-electron chi connectivity index (χ4n) is 1.60. The van der Waals surface area contributed by atoms with Crippen LogP contribution in [0.3, 0.4) is 0 Å². The predicted molar refractivity (Wildman–Crippen MR) is 89.7 cm³/mol. The van der Waals surface area contributed by atoms with Crippen molar-refractivity contribution in [3.8, 4) is 0 Å². The maximum absolute atomic E-state index is 11.4. The molecule has 0 bridgehead atoms. The summed E-state index contributed by atoms with van der Waals surface area (Å²) < 4.78 is 7.14. The molecule has 22 heavy (non-hydrogen) atoms. The van der Waals surface area contributed by atoms with Gasteiger partial charge in [0.15, 0.2) is 5.11 Å². The van der Waals surface area contributed by atoms with Crippen molar-refractivity contribution in [2.75, 3.05) is 19.6 Å².